The lowest BCUT2D eigenvalue weighted by Gasteiger charge is -2.08. The van der Waals surface area contributed by atoms with Gasteiger partial charge in [0.15, 0.2) is 0 Å². The van der Waals surface area contributed by atoms with Crippen molar-refractivity contribution in [1.82, 2.24) is 4.72 Å². The Morgan fingerprint density at radius 3 is 2.52 bits per heavy atom. The zero-order valence-electron chi connectivity index (χ0n) is 11.8. The molecule has 1 aromatic heterocycles. The Morgan fingerprint density at radius 1 is 1.24 bits per heavy atom. The summed E-state index contributed by atoms with van der Waals surface area (Å²) < 4.78 is 46.0. The smallest absolute Gasteiger partial charge is 0.244 e. The fraction of sp³-hybridized carbons (Fsp3) is 0.286. The number of hydrogen-bond donors (Lipinski definition) is 2. The summed E-state index contributed by atoms with van der Waals surface area (Å²) in [7, 11) is -3.82. The Bertz CT molecular complexity index is 754. The lowest BCUT2D eigenvalue weighted by Crippen LogP contribution is -2.25. The molecule has 0 radical (unpaired) electrons. The molecule has 0 aliphatic rings. The Balaban J connectivity index is 2.30. The van der Waals surface area contributed by atoms with E-state index in [-0.39, 0.29) is 29.3 Å². The molecule has 3 N–H and O–H groups in total. The molecule has 0 saturated heterocycles. The fourth-order valence-corrected chi connectivity index (χ4v) is 3.65. The van der Waals surface area contributed by atoms with Crippen LogP contribution >= 0.6 is 0 Å². The van der Waals surface area contributed by atoms with Crippen molar-refractivity contribution in [2.75, 3.05) is 0 Å². The SMILES string of the molecule is Cc1oc(C)c(S(=O)(=O)NCc2ccccc2F)c1CN. The van der Waals surface area contributed by atoms with Gasteiger partial charge < -0.3 is 10.2 Å². The first kappa shape index (κ1) is 15.7. The standard InChI is InChI=1S/C14H17FN2O3S/c1-9-12(7-16)14(10(2)20-9)21(18,19)17-8-11-5-3-4-6-13(11)15/h3-6,17H,7-8,16H2,1-2H3. The molecule has 0 unspecified atom stereocenters. The van der Waals surface area contributed by atoms with Crippen molar-refractivity contribution in [3.8, 4) is 0 Å². The Hall–Kier alpha value is -1.70. The quantitative estimate of drug-likeness (QED) is 0.884. The summed E-state index contributed by atoms with van der Waals surface area (Å²) in [5.41, 5.74) is 6.29. The Morgan fingerprint density at radius 2 is 1.90 bits per heavy atom. The summed E-state index contributed by atoms with van der Waals surface area (Å²) in [4.78, 5) is 0.0406. The van der Waals surface area contributed by atoms with Gasteiger partial charge >= 0.3 is 0 Å². The van der Waals surface area contributed by atoms with Crippen LogP contribution in [0.25, 0.3) is 0 Å². The lowest BCUT2D eigenvalue weighted by molar-refractivity contribution is 0.494. The molecule has 0 aliphatic carbocycles. The minimum absolute atomic E-state index is 0.0406. The molecular formula is C14H17FN2O3S. The van der Waals surface area contributed by atoms with Crippen molar-refractivity contribution in [3.05, 3.63) is 52.7 Å². The summed E-state index contributed by atoms with van der Waals surface area (Å²) in [6.45, 7) is 3.14. The number of hydrogen-bond acceptors (Lipinski definition) is 4. The molecule has 7 heteroatoms. The molecule has 21 heavy (non-hydrogen) atoms. The zero-order chi connectivity index (χ0) is 15.6. The van der Waals surface area contributed by atoms with Gasteiger partial charge in [-0.05, 0) is 19.9 Å². The van der Waals surface area contributed by atoms with Crippen LogP contribution in [0, 0.1) is 19.7 Å². The predicted octanol–water partition coefficient (Wildman–Crippen LogP) is 1.97. The van der Waals surface area contributed by atoms with E-state index in [4.69, 9.17) is 10.2 Å². The van der Waals surface area contributed by atoms with Crippen molar-refractivity contribution < 1.29 is 17.2 Å². The highest BCUT2D eigenvalue weighted by Crippen LogP contribution is 2.26. The molecule has 0 aliphatic heterocycles. The molecule has 114 valence electrons. The first-order valence-corrected chi connectivity index (χ1v) is 7.87. The first-order chi connectivity index (χ1) is 9.86. The van der Waals surface area contributed by atoms with Gasteiger partial charge in [0.2, 0.25) is 10.0 Å². The van der Waals surface area contributed by atoms with Gasteiger partial charge in [-0.3, -0.25) is 0 Å². The molecule has 2 aromatic rings. The number of nitrogens with one attached hydrogen (secondary N) is 1. The molecule has 2 rings (SSSR count). The molecule has 0 saturated carbocycles. The van der Waals surface area contributed by atoms with Gasteiger partial charge in [0.05, 0.1) is 0 Å². The Labute approximate surface area is 123 Å². The highest BCUT2D eigenvalue weighted by Gasteiger charge is 2.26. The average molecular weight is 312 g/mol. The summed E-state index contributed by atoms with van der Waals surface area (Å²) in [6, 6.07) is 5.99. The van der Waals surface area contributed by atoms with E-state index in [1.165, 1.54) is 12.1 Å². The second-order valence-electron chi connectivity index (χ2n) is 4.64. The lowest BCUT2D eigenvalue weighted by atomic mass is 10.2. The van der Waals surface area contributed by atoms with Crippen LogP contribution in [-0.2, 0) is 23.1 Å². The number of furan rings is 1. The Kier molecular flexibility index (Phi) is 4.46. The number of aryl methyl sites for hydroxylation is 2. The van der Waals surface area contributed by atoms with Crippen LogP contribution in [0.1, 0.15) is 22.6 Å². The van der Waals surface area contributed by atoms with Crippen molar-refractivity contribution in [1.29, 1.82) is 0 Å². The molecule has 1 aromatic carbocycles. The van der Waals surface area contributed by atoms with Gasteiger partial charge in [-0.15, -0.1) is 0 Å². The van der Waals surface area contributed by atoms with Crippen LogP contribution in [0.15, 0.2) is 33.6 Å². The molecular weight excluding hydrogens is 295 g/mol. The van der Waals surface area contributed by atoms with Crippen molar-refractivity contribution in [3.63, 3.8) is 0 Å². The van der Waals surface area contributed by atoms with Gasteiger partial charge in [-0.1, -0.05) is 18.2 Å². The van der Waals surface area contributed by atoms with E-state index >= 15 is 0 Å². The van der Waals surface area contributed by atoms with Gasteiger partial charge in [0, 0.05) is 24.2 Å². The van der Waals surface area contributed by atoms with Gasteiger partial charge in [-0.2, -0.15) is 0 Å². The average Bonchev–Trinajstić information content (AvgIpc) is 2.72. The number of nitrogens with two attached hydrogens (primary N) is 1. The first-order valence-electron chi connectivity index (χ1n) is 6.39. The molecule has 1 heterocycles. The van der Waals surface area contributed by atoms with E-state index in [1.54, 1.807) is 26.0 Å². The van der Waals surface area contributed by atoms with Crippen LogP contribution in [0.3, 0.4) is 0 Å². The van der Waals surface area contributed by atoms with E-state index in [1.807, 2.05) is 0 Å². The van der Waals surface area contributed by atoms with Crippen LogP contribution in [0.4, 0.5) is 4.39 Å². The van der Waals surface area contributed by atoms with Crippen LogP contribution in [0.2, 0.25) is 0 Å². The number of sulfonamides is 1. The topological polar surface area (TPSA) is 85.3 Å². The van der Waals surface area contributed by atoms with Crippen LogP contribution in [0.5, 0.6) is 0 Å². The number of benzene rings is 1. The molecule has 0 amide bonds. The minimum Gasteiger partial charge on any atom is -0.465 e. The molecule has 0 atom stereocenters. The van der Waals surface area contributed by atoms with E-state index in [9.17, 15) is 12.8 Å². The molecule has 0 spiro atoms. The molecule has 0 fully saturated rings. The summed E-state index contributed by atoms with van der Waals surface area (Å²) in [5.74, 6) is 0.287. The molecule has 5 nitrogen and oxygen atoms in total. The maximum absolute atomic E-state index is 13.5. The second kappa shape index (κ2) is 5.97. The third-order valence-electron chi connectivity index (χ3n) is 3.21. The van der Waals surface area contributed by atoms with Gasteiger partial charge in [0.25, 0.3) is 0 Å². The van der Waals surface area contributed by atoms with Crippen molar-refractivity contribution >= 4 is 10.0 Å². The van der Waals surface area contributed by atoms with Crippen LogP contribution < -0.4 is 10.5 Å². The number of halogens is 1. The van der Waals surface area contributed by atoms with E-state index in [0.717, 1.165) is 0 Å². The summed E-state index contributed by atoms with van der Waals surface area (Å²) in [6.07, 6.45) is 0. The zero-order valence-corrected chi connectivity index (χ0v) is 12.6. The fourth-order valence-electron chi connectivity index (χ4n) is 2.18. The highest BCUT2D eigenvalue weighted by molar-refractivity contribution is 7.89. The van der Waals surface area contributed by atoms with Gasteiger partial charge in [0.1, 0.15) is 22.2 Å². The third-order valence-corrected chi connectivity index (χ3v) is 4.80. The molecule has 0 bridgehead atoms. The monoisotopic (exact) mass is 312 g/mol. The summed E-state index contributed by atoms with van der Waals surface area (Å²) in [5, 5.41) is 0. The van der Waals surface area contributed by atoms with E-state index in [0.29, 0.717) is 11.3 Å². The highest BCUT2D eigenvalue weighted by atomic mass is 32.2. The predicted molar refractivity (Wildman–Crippen MR) is 76.5 cm³/mol. The summed E-state index contributed by atoms with van der Waals surface area (Å²) >= 11 is 0. The third kappa shape index (κ3) is 3.15. The maximum Gasteiger partial charge on any atom is 0.244 e. The van der Waals surface area contributed by atoms with Crippen LogP contribution in [-0.4, -0.2) is 8.42 Å². The largest absolute Gasteiger partial charge is 0.465 e. The van der Waals surface area contributed by atoms with E-state index in [2.05, 4.69) is 4.72 Å². The normalized spacial score (nSPS) is 11.8. The van der Waals surface area contributed by atoms with Crippen molar-refractivity contribution in [2.24, 2.45) is 5.73 Å². The minimum atomic E-state index is -3.82. The number of rotatable bonds is 5. The second-order valence-corrected chi connectivity index (χ2v) is 6.35. The van der Waals surface area contributed by atoms with Crippen molar-refractivity contribution in [2.45, 2.75) is 31.8 Å². The van der Waals surface area contributed by atoms with E-state index < -0.39 is 15.8 Å². The van der Waals surface area contributed by atoms with Gasteiger partial charge in [-0.25, -0.2) is 17.5 Å². The maximum atomic E-state index is 13.5.